The van der Waals surface area contributed by atoms with Crippen molar-refractivity contribution < 1.29 is 0 Å². The lowest BCUT2D eigenvalue weighted by Crippen LogP contribution is -2.28. The van der Waals surface area contributed by atoms with Crippen LogP contribution in [0.4, 0.5) is 0 Å². The average molecular weight is 290 g/mol. The maximum absolute atomic E-state index is 5.77. The highest BCUT2D eigenvalue weighted by molar-refractivity contribution is 5.29. The first kappa shape index (κ1) is 18.2. The SMILES string of the molecule is CCCCCCCCCCC(NN)c1ccccc1CC. The molecule has 1 unspecified atom stereocenters. The zero-order chi connectivity index (χ0) is 15.3. The van der Waals surface area contributed by atoms with Crippen LogP contribution in [0.3, 0.4) is 0 Å². The summed E-state index contributed by atoms with van der Waals surface area (Å²) in [4.78, 5) is 0. The fraction of sp³-hybridized carbons (Fsp3) is 0.684. The van der Waals surface area contributed by atoms with Gasteiger partial charge in [0.05, 0.1) is 0 Å². The van der Waals surface area contributed by atoms with Crippen LogP contribution in [-0.4, -0.2) is 0 Å². The first-order valence-electron chi connectivity index (χ1n) is 8.87. The van der Waals surface area contributed by atoms with E-state index < -0.39 is 0 Å². The van der Waals surface area contributed by atoms with Crippen molar-refractivity contribution >= 4 is 0 Å². The van der Waals surface area contributed by atoms with Crippen molar-refractivity contribution in [2.24, 2.45) is 5.84 Å². The minimum absolute atomic E-state index is 0.307. The topological polar surface area (TPSA) is 38.0 Å². The molecule has 1 atom stereocenters. The predicted molar refractivity (Wildman–Crippen MR) is 93.1 cm³/mol. The number of hydrogen-bond acceptors (Lipinski definition) is 2. The second kappa shape index (κ2) is 11.8. The van der Waals surface area contributed by atoms with Crippen LogP contribution in [0.15, 0.2) is 24.3 Å². The molecule has 2 heteroatoms. The van der Waals surface area contributed by atoms with Crippen LogP contribution in [0.5, 0.6) is 0 Å². The standard InChI is InChI=1S/C19H34N2/c1-3-5-6-7-8-9-10-11-16-19(21-20)18-15-13-12-14-17(18)4-2/h12-15,19,21H,3-11,16,20H2,1-2H3. The Kier molecular flexibility index (Phi) is 10.2. The van der Waals surface area contributed by atoms with Crippen molar-refractivity contribution in [3.05, 3.63) is 35.4 Å². The lowest BCUT2D eigenvalue weighted by molar-refractivity contribution is 0.472. The third kappa shape index (κ3) is 7.10. The Bertz CT molecular complexity index is 362. The van der Waals surface area contributed by atoms with Crippen molar-refractivity contribution in [1.82, 2.24) is 5.43 Å². The highest BCUT2D eigenvalue weighted by Crippen LogP contribution is 2.23. The highest BCUT2D eigenvalue weighted by atomic mass is 15.2. The van der Waals surface area contributed by atoms with Gasteiger partial charge in [-0.25, -0.2) is 0 Å². The second-order valence-corrected chi connectivity index (χ2v) is 6.04. The molecular formula is C19H34N2. The van der Waals surface area contributed by atoms with Crippen molar-refractivity contribution in [2.75, 3.05) is 0 Å². The van der Waals surface area contributed by atoms with Gasteiger partial charge in [-0.2, -0.15) is 0 Å². The van der Waals surface area contributed by atoms with E-state index in [1.165, 1.54) is 62.5 Å². The first-order chi connectivity index (χ1) is 10.3. The molecule has 0 saturated heterocycles. The van der Waals surface area contributed by atoms with E-state index in [-0.39, 0.29) is 0 Å². The molecule has 0 spiro atoms. The Morgan fingerprint density at radius 2 is 1.52 bits per heavy atom. The normalized spacial score (nSPS) is 12.5. The molecule has 0 amide bonds. The van der Waals surface area contributed by atoms with Gasteiger partial charge in [-0.05, 0) is 24.0 Å². The van der Waals surface area contributed by atoms with E-state index in [0.717, 1.165) is 12.8 Å². The third-order valence-electron chi connectivity index (χ3n) is 4.36. The van der Waals surface area contributed by atoms with Gasteiger partial charge in [0.2, 0.25) is 0 Å². The van der Waals surface area contributed by atoms with Crippen LogP contribution < -0.4 is 11.3 Å². The zero-order valence-corrected chi connectivity index (χ0v) is 14.0. The van der Waals surface area contributed by atoms with Crippen molar-refractivity contribution in [1.29, 1.82) is 0 Å². The Labute approximate surface area is 131 Å². The molecule has 0 aliphatic heterocycles. The Morgan fingerprint density at radius 3 is 2.14 bits per heavy atom. The summed E-state index contributed by atoms with van der Waals surface area (Å²) in [5, 5.41) is 0. The van der Waals surface area contributed by atoms with Crippen molar-refractivity contribution in [3.63, 3.8) is 0 Å². The lowest BCUT2D eigenvalue weighted by Gasteiger charge is -2.19. The van der Waals surface area contributed by atoms with E-state index in [4.69, 9.17) is 5.84 Å². The fourth-order valence-corrected chi connectivity index (χ4v) is 3.01. The summed E-state index contributed by atoms with van der Waals surface area (Å²) in [6.45, 7) is 4.48. The first-order valence-corrected chi connectivity index (χ1v) is 8.87. The number of hydrogen-bond donors (Lipinski definition) is 2. The van der Waals surface area contributed by atoms with Crippen molar-refractivity contribution in [3.8, 4) is 0 Å². The minimum Gasteiger partial charge on any atom is -0.271 e. The van der Waals surface area contributed by atoms with Gasteiger partial charge in [0.15, 0.2) is 0 Å². The molecular weight excluding hydrogens is 256 g/mol. The second-order valence-electron chi connectivity index (χ2n) is 6.04. The quantitative estimate of drug-likeness (QED) is 0.312. The number of nitrogens with one attached hydrogen (secondary N) is 1. The number of nitrogens with two attached hydrogens (primary N) is 1. The Balaban J connectivity index is 2.25. The molecule has 1 aromatic rings. The third-order valence-corrected chi connectivity index (χ3v) is 4.36. The molecule has 1 rings (SSSR count). The monoisotopic (exact) mass is 290 g/mol. The molecule has 0 aromatic heterocycles. The van der Waals surface area contributed by atoms with E-state index in [0.29, 0.717) is 6.04 Å². The van der Waals surface area contributed by atoms with E-state index in [1.54, 1.807) is 0 Å². The smallest absolute Gasteiger partial charge is 0.0462 e. The van der Waals surface area contributed by atoms with Crippen LogP contribution in [0, 0.1) is 0 Å². The van der Waals surface area contributed by atoms with Crippen LogP contribution in [-0.2, 0) is 6.42 Å². The van der Waals surface area contributed by atoms with E-state index >= 15 is 0 Å². The molecule has 0 fully saturated rings. The average Bonchev–Trinajstić information content (AvgIpc) is 2.53. The van der Waals surface area contributed by atoms with Gasteiger partial charge in [0, 0.05) is 6.04 Å². The molecule has 120 valence electrons. The van der Waals surface area contributed by atoms with Crippen molar-refractivity contribution in [2.45, 2.75) is 84.1 Å². The van der Waals surface area contributed by atoms with Crippen LogP contribution in [0.1, 0.15) is 88.8 Å². The molecule has 0 aliphatic rings. The Morgan fingerprint density at radius 1 is 0.905 bits per heavy atom. The molecule has 0 bridgehead atoms. The summed E-state index contributed by atoms with van der Waals surface area (Å²) in [5.74, 6) is 5.77. The van der Waals surface area contributed by atoms with E-state index in [2.05, 4.69) is 43.5 Å². The number of hydrazine groups is 1. The summed E-state index contributed by atoms with van der Waals surface area (Å²) in [6, 6.07) is 8.97. The van der Waals surface area contributed by atoms with E-state index in [9.17, 15) is 0 Å². The molecule has 0 heterocycles. The van der Waals surface area contributed by atoms with Crippen LogP contribution in [0.2, 0.25) is 0 Å². The lowest BCUT2D eigenvalue weighted by atomic mass is 9.95. The van der Waals surface area contributed by atoms with Gasteiger partial charge in [0.1, 0.15) is 0 Å². The number of unbranched alkanes of at least 4 members (excludes halogenated alkanes) is 7. The Hall–Kier alpha value is -0.860. The minimum atomic E-state index is 0.307. The van der Waals surface area contributed by atoms with Gasteiger partial charge < -0.3 is 0 Å². The zero-order valence-electron chi connectivity index (χ0n) is 14.0. The summed E-state index contributed by atoms with van der Waals surface area (Å²) in [7, 11) is 0. The number of rotatable bonds is 12. The predicted octanol–water partition coefficient (Wildman–Crippen LogP) is 5.28. The van der Waals surface area contributed by atoms with E-state index in [1.807, 2.05) is 0 Å². The van der Waals surface area contributed by atoms with Gasteiger partial charge in [-0.15, -0.1) is 0 Å². The molecule has 3 N–H and O–H groups in total. The summed E-state index contributed by atoms with van der Waals surface area (Å²) < 4.78 is 0. The number of benzene rings is 1. The molecule has 0 saturated carbocycles. The van der Waals surface area contributed by atoms with Crippen LogP contribution >= 0.6 is 0 Å². The number of aryl methyl sites for hydroxylation is 1. The maximum atomic E-state index is 5.77. The molecule has 1 aromatic carbocycles. The maximum Gasteiger partial charge on any atom is 0.0462 e. The highest BCUT2D eigenvalue weighted by Gasteiger charge is 2.12. The molecule has 0 aliphatic carbocycles. The molecule has 0 radical (unpaired) electrons. The largest absolute Gasteiger partial charge is 0.271 e. The fourth-order valence-electron chi connectivity index (χ4n) is 3.01. The summed E-state index contributed by atoms with van der Waals surface area (Å²) in [6.07, 6.45) is 13.1. The van der Waals surface area contributed by atoms with Crippen LogP contribution in [0.25, 0.3) is 0 Å². The van der Waals surface area contributed by atoms with Gasteiger partial charge in [0.25, 0.3) is 0 Å². The van der Waals surface area contributed by atoms with Gasteiger partial charge in [-0.3, -0.25) is 11.3 Å². The molecule has 2 nitrogen and oxygen atoms in total. The molecule has 21 heavy (non-hydrogen) atoms. The van der Waals surface area contributed by atoms with Gasteiger partial charge >= 0.3 is 0 Å². The summed E-state index contributed by atoms with van der Waals surface area (Å²) >= 11 is 0. The summed E-state index contributed by atoms with van der Waals surface area (Å²) in [5.41, 5.74) is 5.81. The van der Waals surface area contributed by atoms with Gasteiger partial charge in [-0.1, -0.05) is 89.5 Å².